The first kappa shape index (κ1) is 36.6. The molecule has 3 aliphatic carbocycles. The molecule has 4 unspecified atom stereocenters. The van der Waals surface area contributed by atoms with E-state index in [4.69, 9.17) is 0 Å². The first-order chi connectivity index (χ1) is 22.4. The third-order valence-electron chi connectivity index (χ3n) is 12.6. The zero-order valence-corrected chi connectivity index (χ0v) is 34.6. The van der Waals surface area contributed by atoms with Crippen LogP contribution >= 0.6 is 0 Å². The average molecular weight is 767 g/mol. The van der Waals surface area contributed by atoms with E-state index in [1.807, 2.05) is 0 Å². The van der Waals surface area contributed by atoms with Gasteiger partial charge in [0.1, 0.15) is 0 Å². The molecule has 1 aliphatic heterocycles. The van der Waals surface area contributed by atoms with Gasteiger partial charge in [-0.25, -0.2) is 0 Å². The largest absolute Gasteiger partial charge is 1.00 e. The van der Waals surface area contributed by atoms with Gasteiger partial charge in [-0.1, -0.05) is 0 Å². The predicted molar refractivity (Wildman–Crippen MR) is 200 cm³/mol. The Labute approximate surface area is 313 Å². The van der Waals surface area contributed by atoms with Crippen molar-refractivity contribution in [3.05, 3.63) is 129 Å². The van der Waals surface area contributed by atoms with Crippen molar-refractivity contribution in [2.45, 2.75) is 106 Å². The number of allylic oxidation sites excluding steroid dienone is 2. The Morgan fingerprint density at radius 2 is 0.878 bits per heavy atom. The van der Waals surface area contributed by atoms with E-state index in [-0.39, 0.29) is 35.6 Å². The summed E-state index contributed by atoms with van der Waals surface area (Å²) in [7, 11) is 0. The monoisotopic (exact) mass is 764 g/mol. The molecular formula is C46H52Cl2Zr. The molecule has 4 aromatic carbocycles. The van der Waals surface area contributed by atoms with Gasteiger partial charge in [0.05, 0.1) is 0 Å². The van der Waals surface area contributed by atoms with Gasteiger partial charge in [0.25, 0.3) is 0 Å². The Bertz CT molecular complexity index is 1790. The molecule has 0 bridgehead atoms. The van der Waals surface area contributed by atoms with Gasteiger partial charge >= 0.3 is 291 Å². The third kappa shape index (κ3) is 5.83. The van der Waals surface area contributed by atoms with Crippen molar-refractivity contribution in [1.29, 1.82) is 0 Å². The van der Waals surface area contributed by atoms with E-state index in [0.717, 1.165) is 7.25 Å². The minimum absolute atomic E-state index is 0. The minimum atomic E-state index is -2.95. The fourth-order valence-electron chi connectivity index (χ4n) is 10.5. The van der Waals surface area contributed by atoms with E-state index >= 15 is 0 Å². The molecule has 0 spiro atoms. The normalized spacial score (nSPS) is 23.9. The molecule has 8 rings (SSSR count). The summed E-state index contributed by atoms with van der Waals surface area (Å²) in [5, 5.41) is 0. The van der Waals surface area contributed by atoms with Crippen LogP contribution in [0.5, 0.6) is 0 Å². The molecule has 4 aromatic rings. The van der Waals surface area contributed by atoms with Crippen LogP contribution in [-0.2, 0) is 31.1 Å². The van der Waals surface area contributed by atoms with Crippen molar-refractivity contribution < 1.29 is 45.1 Å². The van der Waals surface area contributed by atoms with Crippen LogP contribution in [-0.4, -0.2) is 0 Å². The molecule has 4 atom stereocenters. The van der Waals surface area contributed by atoms with Crippen molar-refractivity contribution in [3.8, 4) is 22.3 Å². The van der Waals surface area contributed by atoms with Gasteiger partial charge in [0.2, 0.25) is 0 Å². The maximum absolute atomic E-state index is 2.95. The minimum Gasteiger partial charge on any atom is -1.00 e. The van der Waals surface area contributed by atoms with E-state index < -0.39 is 20.3 Å². The van der Waals surface area contributed by atoms with Crippen molar-refractivity contribution >= 4 is 12.2 Å². The molecule has 0 nitrogen and oxygen atoms in total. The molecule has 49 heavy (non-hydrogen) atoms. The average Bonchev–Trinajstić information content (AvgIpc) is 3.35. The Morgan fingerprint density at radius 1 is 0.510 bits per heavy atom. The van der Waals surface area contributed by atoms with Crippen LogP contribution < -0.4 is 24.8 Å². The van der Waals surface area contributed by atoms with Crippen LogP contribution in [0.1, 0.15) is 122 Å². The topological polar surface area (TPSA) is 0 Å². The van der Waals surface area contributed by atoms with Crippen LogP contribution in [0.3, 0.4) is 0 Å². The molecular weight excluding hydrogens is 715 g/mol. The number of hydrogen-bond donors (Lipinski definition) is 0. The van der Waals surface area contributed by atoms with Crippen LogP contribution in [0.4, 0.5) is 0 Å². The molecule has 4 aliphatic rings. The van der Waals surface area contributed by atoms with Gasteiger partial charge in [-0.15, -0.1) is 0 Å². The zero-order chi connectivity index (χ0) is 32.9. The Hall–Kier alpha value is -2.18. The Morgan fingerprint density at radius 3 is 1.22 bits per heavy atom. The van der Waals surface area contributed by atoms with Gasteiger partial charge in [-0.2, -0.15) is 0 Å². The zero-order valence-electron chi connectivity index (χ0n) is 30.6. The smallest absolute Gasteiger partial charge is 1.00 e. The quantitative estimate of drug-likeness (QED) is 0.201. The molecule has 2 fully saturated rings. The van der Waals surface area contributed by atoms with E-state index in [1.165, 1.54) is 70.2 Å². The molecule has 0 radical (unpaired) electrons. The van der Waals surface area contributed by atoms with Gasteiger partial charge in [-0.05, 0) is 0 Å². The Kier molecular flexibility index (Phi) is 9.79. The van der Waals surface area contributed by atoms with Crippen LogP contribution in [0, 0.1) is 0 Å². The van der Waals surface area contributed by atoms with Gasteiger partial charge < -0.3 is 24.8 Å². The van der Waals surface area contributed by atoms with Crippen LogP contribution in [0.15, 0.2) is 96.1 Å². The standard InChI is InChI=1S/2C20H21.C6H10.2ClH.Zr/c2*1-14-12-16-6-5-7-18(19(16)13-14)15-8-10-17(11-9-15)20(2,3)4;1-2-4-6-5-3-1;;;/h2*5-13H,1-4H3;1-2H,3-6H2;2*1H;/q;;;;;+2/p-2. The van der Waals surface area contributed by atoms with E-state index in [2.05, 4.69) is 152 Å². The van der Waals surface area contributed by atoms with E-state index in [0.29, 0.717) is 7.25 Å². The van der Waals surface area contributed by atoms with Crippen molar-refractivity contribution in [3.63, 3.8) is 0 Å². The number of fused-ring (bicyclic) bond motifs is 3. The predicted octanol–water partition coefficient (Wildman–Crippen LogP) is 7.56. The number of rotatable bonds is 4. The molecule has 3 heteroatoms. The number of hydrogen-bond acceptors (Lipinski definition) is 0. The molecule has 1 heterocycles. The summed E-state index contributed by atoms with van der Waals surface area (Å²) in [6.07, 6.45) is 11.1. The van der Waals surface area contributed by atoms with E-state index in [1.54, 1.807) is 22.3 Å². The summed E-state index contributed by atoms with van der Waals surface area (Å²) in [6, 6.07) is 33.5. The maximum Gasteiger partial charge on any atom is -1.00 e. The summed E-state index contributed by atoms with van der Waals surface area (Å²) in [5.74, 6) is 0. The summed E-state index contributed by atoms with van der Waals surface area (Å²) in [4.78, 5) is 0. The Balaban J connectivity index is 0.00000208. The summed E-state index contributed by atoms with van der Waals surface area (Å²) in [5.41, 5.74) is 18.4. The van der Waals surface area contributed by atoms with Crippen LogP contribution in [0.25, 0.3) is 34.4 Å². The van der Waals surface area contributed by atoms with Gasteiger partial charge in [-0.3, -0.25) is 0 Å². The summed E-state index contributed by atoms with van der Waals surface area (Å²) < 4.78 is 3.35. The first-order valence-corrected chi connectivity index (χ1v) is 23.9. The first-order valence-electron chi connectivity index (χ1n) is 18.2. The third-order valence-corrected chi connectivity index (χ3v) is 30.1. The molecule has 1 saturated heterocycles. The van der Waals surface area contributed by atoms with Crippen LogP contribution in [0.2, 0.25) is 7.25 Å². The number of benzene rings is 4. The van der Waals surface area contributed by atoms with Gasteiger partial charge in [0, 0.05) is 0 Å². The van der Waals surface area contributed by atoms with E-state index in [9.17, 15) is 0 Å². The molecule has 0 amide bonds. The molecule has 0 N–H and O–H groups in total. The number of halogens is 2. The second kappa shape index (κ2) is 13.1. The summed E-state index contributed by atoms with van der Waals surface area (Å²) in [6.45, 7) is 18.9. The van der Waals surface area contributed by atoms with Crippen molar-refractivity contribution in [2.24, 2.45) is 0 Å². The van der Waals surface area contributed by atoms with Gasteiger partial charge in [0.15, 0.2) is 0 Å². The summed E-state index contributed by atoms with van der Waals surface area (Å²) >= 11 is -2.95. The molecule has 254 valence electrons. The fraction of sp³-hybridized carbons (Fsp3) is 0.391. The van der Waals surface area contributed by atoms with Crippen molar-refractivity contribution in [1.82, 2.24) is 0 Å². The second-order valence-electron chi connectivity index (χ2n) is 17.4. The molecule has 0 aromatic heterocycles. The fourth-order valence-corrected chi connectivity index (χ4v) is 33.6. The van der Waals surface area contributed by atoms with Crippen molar-refractivity contribution in [2.75, 3.05) is 0 Å². The molecule has 1 saturated carbocycles. The maximum atomic E-state index is 2.62. The second-order valence-corrected chi connectivity index (χ2v) is 28.8. The SMILES string of the molecule is CC1=Cc2c(-c3ccc(C(C)(C)C)cc3)cccc2[CH]1[Zr+2]1([CH]2C(C)=Cc3c(-c4ccc(C(C)(C)C)cc4)cccc32)[CH]2CCCC[CH]21.[Cl-].[Cl-].